The van der Waals surface area contributed by atoms with Crippen molar-refractivity contribution < 1.29 is 18.8 Å². The Hall–Kier alpha value is -2.77. The van der Waals surface area contributed by atoms with Crippen LogP contribution in [0.5, 0.6) is 0 Å². The van der Waals surface area contributed by atoms with Gasteiger partial charge in [-0.1, -0.05) is 11.6 Å². The highest BCUT2D eigenvalue weighted by atomic mass is 35.5. The summed E-state index contributed by atoms with van der Waals surface area (Å²) >= 11 is 6.27. The van der Waals surface area contributed by atoms with Crippen LogP contribution in [0, 0.1) is 17.7 Å². The molecule has 2 aromatic carbocycles. The Bertz CT molecular complexity index is 1140. The van der Waals surface area contributed by atoms with Crippen LogP contribution in [0.2, 0.25) is 5.02 Å². The molecule has 0 unspecified atom stereocenters. The maximum absolute atomic E-state index is 13.7. The van der Waals surface area contributed by atoms with Crippen LogP contribution in [0.1, 0.15) is 18.4 Å². The molecule has 152 valence electrons. The van der Waals surface area contributed by atoms with Crippen LogP contribution in [-0.4, -0.2) is 35.2 Å². The first kappa shape index (κ1) is 18.0. The molecule has 4 aliphatic rings. The zero-order valence-electron chi connectivity index (χ0n) is 15.8. The number of fused-ring (bicyclic) bond motifs is 7. The topological polar surface area (TPSA) is 69.7 Å². The number of nitrogens with zero attached hydrogens (tertiary/aromatic N) is 2. The van der Waals surface area contributed by atoms with E-state index >= 15 is 0 Å². The van der Waals surface area contributed by atoms with E-state index in [4.69, 9.17) is 11.6 Å². The molecule has 0 bridgehead atoms. The Labute approximate surface area is 176 Å². The zero-order chi connectivity index (χ0) is 20.8. The summed E-state index contributed by atoms with van der Waals surface area (Å²) in [5, 5.41) is 3.38. The van der Waals surface area contributed by atoms with Gasteiger partial charge in [0.25, 0.3) is 0 Å². The Morgan fingerprint density at radius 2 is 1.83 bits per heavy atom. The van der Waals surface area contributed by atoms with Crippen molar-refractivity contribution in [2.24, 2.45) is 11.8 Å². The summed E-state index contributed by atoms with van der Waals surface area (Å²) in [4.78, 5) is 43.8. The van der Waals surface area contributed by atoms with E-state index in [1.807, 2.05) is 4.90 Å². The van der Waals surface area contributed by atoms with Gasteiger partial charge in [-0.15, -0.1) is 0 Å². The molecule has 0 aliphatic carbocycles. The second-order valence-corrected chi connectivity index (χ2v) is 8.74. The van der Waals surface area contributed by atoms with E-state index in [1.54, 1.807) is 18.2 Å². The predicted octanol–water partition coefficient (Wildman–Crippen LogP) is 2.91. The lowest BCUT2D eigenvalue weighted by molar-refractivity contribution is -0.135. The highest BCUT2D eigenvalue weighted by Gasteiger charge is 2.74. The molecule has 30 heavy (non-hydrogen) atoms. The summed E-state index contributed by atoms with van der Waals surface area (Å²) in [5.41, 5.74) is 0.344. The minimum atomic E-state index is -1.26. The van der Waals surface area contributed by atoms with Crippen LogP contribution < -0.4 is 10.2 Å². The number of rotatable bonds is 1. The number of carbonyl (C=O) groups excluding carboxylic acids is 3. The fourth-order valence-electron chi connectivity index (χ4n) is 6.02. The molecule has 0 radical (unpaired) electrons. The van der Waals surface area contributed by atoms with Gasteiger partial charge in [0.15, 0.2) is 0 Å². The second-order valence-electron chi connectivity index (χ2n) is 8.31. The van der Waals surface area contributed by atoms with E-state index in [9.17, 15) is 18.8 Å². The lowest BCUT2D eigenvalue weighted by atomic mass is 9.75. The summed E-state index contributed by atoms with van der Waals surface area (Å²) < 4.78 is 13.4. The second kappa shape index (κ2) is 5.89. The molecular weight excluding hydrogens is 409 g/mol. The SMILES string of the molecule is O=C1[C@@H]2[C@@H]3CCCN3[C@@]3(C(=O)Nc4ccc(Cl)cc43)[C@H]2C(=O)N1c1ccc(F)cc1. The molecule has 8 heteroatoms. The van der Waals surface area contributed by atoms with Gasteiger partial charge in [0.2, 0.25) is 17.7 Å². The van der Waals surface area contributed by atoms with Gasteiger partial charge in [-0.05, 0) is 61.9 Å². The molecule has 6 rings (SSSR count). The van der Waals surface area contributed by atoms with Gasteiger partial charge in [0.05, 0.1) is 17.5 Å². The van der Waals surface area contributed by atoms with Gasteiger partial charge in [-0.25, -0.2) is 9.29 Å². The van der Waals surface area contributed by atoms with Crippen molar-refractivity contribution in [1.82, 2.24) is 4.90 Å². The number of benzene rings is 2. The zero-order valence-corrected chi connectivity index (χ0v) is 16.5. The van der Waals surface area contributed by atoms with Gasteiger partial charge < -0.3 is 5.32 Å². The number of carbonyl (C=O) groups is 3. The van der Waals surface area contributed by atoms with Crippen LogP contribution in [-0.2, 0) is 19.9 Å². The average Bonchev–Trinajstić information content (AvgIpc) is 3.42. The lowest BCUT2D eigenvalue weighted by Gasteiger charge is -2.36. The number of halogens is 2. The highest BCUT2D eigenvalue weighted by Crippen LogP contribution is 2.60. The molecule has 1 N–H and O–H groups in total. The van der Waals surface area contributed by atoms with Gasteiger partial charge in [0, 0.05) is 22.3 Å². The number of anilines is 2. The van der Waals surface area contributed by atoms with Crippen molar-refractivity contribution in [1.29, 1.82) is 0 Å². The van der Waals surface area contributed by atoms with Gasteiger partial charge >= 0.3 is 0 Å². The van der Waals surface area contributed by atoms with E-state index in [2.05, 4.69) is 5.32 Å². The number of hydrogen-bond donors (Lipinski definition) is 1. The maximum Gasteiger partial charge on any atom is 0.250 e. The van der Waals surface area contributed by atoms with Gasteiger partial charge in [0.1, 0.15) is 11.4 Å². The van der Waals surface area contributed by atoms with Crippen LogP contribution in [0.25, 0.3) is 0 Å². The number of nitrogens with one attached hydrogen (secondary N) is 1. The van der Waals surface area contributed by atoms with E-state index in [1.165, 1.54) is 24.3 Å². The molecule has 2 aromatic rings. The Morgan fingerprint density at radius 1 is 1.07 bits per heavy atom. The highest BCUT2D eigenvalue weighted by molar-refractivity contribution is 6.31. The predicted molar refractivity (Wildman–Crippen MR) is 107 cm³/mol. The lowest BCUT2D eigenvalue weighted by Crippen LogP contribution is -2.54. The molecule has 6 nitrogen and oxygen atoms in total. The molecule has 4 heterocycles. The summed E-state index contributed by atoms with van der Waals surface area (Å²) in [5.74, 6) is -2.96. The largest absolute Gasteiger partial charge is 0.324 e. The van der Waals surface area contributed by atoms with Crippen LogP contribution >= 0.6 is 11.6 Å². The molecule has 3 saturated heterocycles. The van der Waals surface area contributed by atoms with Crippen molar-refractivity contribution in [3.8, 4) is 0 Å². The smallest absolute Gasteiger partial charge is 0.250 e. The molecule has 4 aliphatic heterocycles. The first-order valence-corrected chi connectivity index (χ1v) is 10.3. The summed E-state index contributed by atoms with van der Waals surface area (Å²) in [6.07, 6.45) is 1.58. The van der Waals surface area contributed by atoms with Gasteiger partial charge in [-0.3, -0.25) is 19.3 Å². The fraction of sp³-hybridized carbons (Fsp3) is 0.318. The summed E-state index contributed by atoms with van der Waals surface area (Å²) in [6, 6.07) is 10.2. The summed E-state index contributed by atoms with van der Waals surface area (Å²) in [6.45, 7) is 0.633. The first-order valence-electron chi connectivity index (χ1n) is 9.96. The number of imide groups is 1. The average molecular weight is 426 g/mol. The summed E-state index contributed by atoms with van der Waals surface area (Å²) in [7, 11) is 0. The van der Waals surface area contributed by atoms with Crippen LogP contribution in [0.3, 0.4) is 0 Å². The van der Waals surface area contributed by atoms with Crippen molar-refractivity contribution in [3.05, 3.63) is 58.9 Å². The van der Waals surface area contributed by atoms with Crippen LogP contribution in [0.4, 0.5) is 15.8 Å². The number of amides is 3. The molecule has 0 saturated carbocycles. The minimum Gasteiger partial charge on any atom is -0.324 e. The fourth-order valence-corrected chi connectivity index (χ4v) is 6.19. The van der Waals surface area contributed by atoms with Gasteiger partial charge in [-0.2, -0.15) is 0 Å². The standard InChI is InChI=1S/C22H17ClFN3O3/c23-11-3-8-15-14(10-11)22(21(30)25-15)18-17(16-2-1-9-26(16)22)19(28)27(20(18)29)13-6-4-12(24)5-7-13/h3-8,10,16-18H,1-2,9H2,(H,25,30)/t16-,17+,18+,22+/m0/s1. The Kier molecular flexibility index (Phi) is 3.54. The van der Waals surface area contributed by atoms with Crippen molar-refractivity contribution in [2.45, 2.75) is 24.4 Å². The minimum absolute atomic E-state index is 0.201. The molecular formula is C22H17ClFN3O3. The monoisotopic (exact) mass is 425 g/mol. The van der Waals surface area contributed by atoms with Crippen molar-refractivity contribution in [2.75, 3.05) is 16.8 Å². The van der Waals surface area contributed by atoms with E-state index in [-0.39, 0.29) is 17.9 Å². The maximum atomic E-state index is 13.7. The third-order valence-electron chi connectivity index (χ3n) is 7.04. The quantitative estimate of drug-likeness (QED) is 0.713. The third-order valence-corrected chi connectivity index (χ3v) is 7.27. The Balaban J connectivity index is 1.56. The van der Waals surface area contributed by atoms with Crippen molar-refractivity contribution in [3.63, 3.8) is 0 Å². The Morgan fingerprint density at radius 3 is 2.60 bits per heavy atom. The molecule has 0 aromatic heterocycles. The third kappa shape index (κ3) is 1.99. The normalized spacial score (nSPS) is 32.0. The number of hydrogen-bond acceptors (Lipinski definition) is 4. The van der Waals surface area contributed by atoms with Crippen LogP contribution in [0.15, 0.2) is 42.5 Å². The molecule has 1 spiro atoms. The van der Waals surface area contributed by atoms with E-state index < -0.39 is 29.1 Å². The molecule has 3 amide bonds. The first-order chi connectivity index (χ1) is 14.4. The molecule has 3 fully saturated rings. The van der Waals surface area contributed by atoms with E-state index in [0.717, 1.165) is 17.7 Å². The molecule has 4 atom stereocenters. The van der Waals surface area contributed by atoms with Crippen molar-refractivity contribution >= 4 is 40.7 Å². The van der Waals surface area contributed by atoms with E-state index in [0.29, 0.717) is 28.5 Å².